The van der Waals surface area contributed by atoms with Crippen molar-refractivity contribution < 1.29 is 9.21 Å². The van der Waals surface area contributed by atoms with E-state index in [-0.39, 0.29) is 5.91 Å². The van der Waals surface area contributed by atoms with E-state index >= 15 is 0 Å². The summed E-state index contributed by atoms with van der Waals surface area (Å²) in [5.41, 5.74) is 1.78. The van der Waals surface area contributed by atoms with E-state index in [4.69, 9.17) is 4.42 Å². The van der Waals surface area contributed by atoms with Crippen LogP contribution in [0.2, 0.25) is 0 Å². The molecule has 0 saturated carbocycles. The summed E-state index contributed by atoms with van der Waals surface area (Å²) in [5, 5.41) is 0. The first-order valence-corrected chi connectivity index (χ1v) is 6.45. The van der Waals surface area contributed by atoms with E-state index in [1.165, 1.54) is 6.39 Å². The standard InChI is InChI=1S/C15H18N2O2/c1-3-9-17(12(2)18)10-14-15(19-11-16-14)13-7-5-4-6-8-13/h4-8,11H,3,9-10H2,1-2H3. The average Bonchev–Trinajstić information content (AvgIpc) is 2.87. The Morgan fingerprint density at radius 2 is 2.05 bits per heavy atom. The van der Waals surface area contributed by atoms with Gasteiger partial charge in [0.15, 0.2) is 12.2 Å². The highest BCUT2D eigenvalue weighted by Gasteiger charge is 2.15. The number of amides is 1. The van der Waals surface area contributed by atoms with Gasteiger partial charge in [0.05, 0.1) is 6.54 Å². The number of carbonyl (C=O) groups excluding carboxylic acids is 1. The molecule has 1 aromatic heterocycles. The van der Waals surface area contributed by atoms with Gasteiger partial charge in [0.1, 0.15) is 5.69 Å². The highest BCUT2D eigenvalue weighted by molar-refractivity contribution is 5.73. The predicted molar refractivity (Wildman–Crippen MR) is 73.3 cm³/mol. The summed E-state index contributed by atoms with van der Waals surface area (Å²) in [6.07, 6.45) is 2.36. The molecule has 1 amide bonds. The number of nitrogens with zero attached hydrogens (tertiary/aromatic N) is 2. The molecule has 0 aliphatic carbocycles. The number of oxazole rings is 1. The molecule has 0 N–H and O–H groups in total. The Labute approximate surface area is 113 Å². The molecule has 0 radical (unpaired) electrons. The van der Waals surface area contributed by atoms with E-state index in [9.17, 15) is 4.79 Å². The van der Waals surface area contributed by atoms with Crippen LogP contribution in [0.3, 0.4) is 0 Å². The van der Waals surface area contributed by atoms with Crippen LogP contribution < -0.4 is 0 Å². The summed E-state index contributed by atoms with van der Waals surface area (Å²) in [6.45, 7) is 4.86. The lowest BCUT2D eigenvalue weighted by Crippen LogP contribution is -2.29. The number of hydrogen-bond acceptors (Lipinski definition) is 3. The van der Waals surface area contributed by atoms with Crippen molar-refractivity contribution in [2.24, 2.45) is 0 Å². The SMILES string of the molecule is CCCN(Cc1ncoc1-c1ccccc1)C(C)=O. The fourth-order valence-electron chi connectivity index (χ4n) is 2.00. The van der Waals surface area contributed by atoms with Gasteiger partial charge >= 0.3 is 0 Å². The van der Waals surface area contributed by atoms with Crippen LogP contribution in [0, 0.1) is 0 Å². The quantitative estimate of drug-likeness (QED) is 0.827. The fourth-order valence-corrected chi connectivity index (χ4v) is 2.00. The van der Waals surface area contributed by atoms with Gasteiger partial charge in [-0.25, -0.2) is 4.98 Å². The molecule has 4 heteroatoms. The van der Waals surface area contributed by atoms with E-state index in [1.54, 1.807) is 11.8 Å². The largest absolute Gasteiger partial charge is 0.443 e. The van der Waals surface area contributed by atoms with Crippen LogP contribution >= 0.6 is 0 Å². The zero-order valence-corrected chi connectivity index (χ0v) is 11.3. The molecule has 19 heavy (non-hydrogen) atoms. The lowest BCUT2D eigenvalue weighted by atomic mass is 10.1. The summed E-state index contributed by atoms with van der Waals surface area (Å²) in [4.78, 5) is 17.6. The third-order valence-corrected chi connectivity index (χ3v) is 2.96. The zero-order chi connectivity index (χ0) is 13.7. The van der Waals surface area contributed by atoms with Gasteiger partial charge < -0.3 is 9.32 Å². The highest BCUT2D eigenvalue weighted by atomic mass is 16.3. The van der Waals surface area contributed by atoms with Crippen LogP contribution in [0.5, 0.6) is 0 Å². The molecule has 1 heterocycles. The Morgan fingerprint density at radius 1 is 1.32 bits per heavy atom. The van der Waals surface area contributed by atoms with Gasteiger partial charge in [0, 0.05) is 19.0 Å². The second-order valence-electron chi connectivity index (χ2n) is 4.43. The van der Waals surface area contributed by atoms with Gasteiger partial charge in [-0.05, 0) is 6.42 Å². The molecular weight excluding hydrogens is 240 g/mol. The van der Waals surface area contributed by atoms with E-state index in [2.05, 4.69) is 11.9 Å². The van der Waals surface area contributed by atoms with E-state index in [0.29, 0.717) is 6.54 Å². The molecule has 0 saturated heterocycles. The minimum atomic E-state index is 0.0591. The summed E-state index contributed by atoms with van der Waals surface area (Å²) in [5.74, 6) is 0.798. The normalized spacial score (nSPS) is 10.4. The minimum Gasteiger partial charge on any atom is -0.443 e. The smallest absolute Gasteiger partial charge is 0.219 e. The van der Waals surface area contributed by atoms with Crippen molar-refractivity contribution >= 4 is 5.91 Å². The predicted octanol–water partition coefficient (Wildman–Crippen LogP) is 3.10. The number of hydrogen-bond donors (Lipinski definition) is 0. The second-order valence-corrected chi connectivity index (χ2v) is 4.43. The Kier molecular flexibility index (Phi) is 4.34. The molecule has 0 aliphatic heterocycles. The molecule has 2 aromatic rings. The van der Waals surface area contributed by atoms with Crippen LogP contribution in [-0.4, -0.2) is 22.3 Å². The van der Waals surface area contributed by atoms with Gasteiger partial charge in [0.25, 0.3) is 0 Å². The molecule has 0 spiro atoms. The lowest BCUT2D eigenvalue weighted by Gasteiger charge is -2.19. The summed E-state index contributed by atoms with van der Waals surface area (Å²) < 4.78 is 5.46. The number of benzene rings is 1. The highest BCUT2D eigenvalue weighted by Crippen LogP contribution is 2.23. The van der Waals surface area contributed by atoms with Crippen molar-refractivity contribution in [2.75, 3.05) is 6.54 Å². The monoisotopic (exact) mass is 258 g/mol. The molecule has 4 nitrogen and oxygen atoms in total. The van der Waals surface area contributed by atoms with Crippen LogP contribution in [0.25, 0.3) is 11.3 Å². The van der Waals surface area contributed by atoms with E-state index < -0.39 is 0 Å². The third kappa shape index (κ3) is 3.22. The van der Waals surface area contributed by atoms with Crippen molar-refractivity contribution in [3.05, 3.63) is 42.4 Å². The molecular formula is C15H18N2O2. The van der Waals surface area contributed by atoms with E-state index in [0.717, 1.165) is 30.0 Å². The molecule has 0 fully saturated rings. The van der Waals surface area contributed by atoms with Crippen LogP contribution in [0.15, 0.2) is 41.1 Å². The third-order valence-electron chi connectivity index (χ3n) is 2.96. The first-order valence-electron chi connectivity index (χ1n) is 6.45. The van der Waals surface area contributed by atoms with Crippen LogP contribution in [0.4, 0.5) is 0 Å². The maximum Gasteiger partial charge on any atom is 0.219 e. The molecule has 2 rings (SSSR count). The Balaban J connectivity index is 2.22. The Hall–Kier alpha value is -2.10. The minimum absolute atomic E-state index is 0.0591. The molecule has 100 valence electrons. The topological polar surface area (TPSA) is 46.3 Å². The number of aromatic nitrogens is 1. The molecule has 0 bridgehead atoms. The molecule has 1 aromatic carbocycles. The first-order chi connectivity index (χ1) is 9.22. The van der Waals surface area contributed by atoms with Crippen molar-refractivity contribution in [2.45, 2.75) is 26.8 Å². The van der Waals surface area contributed by atoms with Crippen molar-refractivity contribution in [1.82, 2.24) is 9.88 Å². The first kappa shape index (κ1) is 13.3. The van der Waals surface area contributed by atoms with Crippen LogP contribution in [0.1, 0.15) is 26.0 Å². The summed E-state index contributed by atoms with van der Waals surface area (Å²) in [7, 11) is 0. The van der Waals surface area contributed by atoms with Crippen molar-refractivity contribution in [3.63, 3.8) is 0 Å². The Bertz CT molecular complexity index is 534. The maximum atomic E-state index is 11.6. The second kappa shape index (κ2) is 6.18. The summed E-state index contributed by atoms with van der Waals surface area (Å²) >= 11 is 0. The lowest BCUT2D eigenvalue weighted by molar-refractivity contribution is -0.129. The number of carbonyl (C=O) groups is 1. The maximum absolute atomic E-state index is 11.6. The number of rotatable bonds is 5. The Morgan fingerprint density at radius 3 is 2.68 bits per heavy atom. The van der Waals surface area contributed by atoms with E-state index in [1.807, 2.05) is 30.3 Å². The van der Waals surface area contributed by atoms with Gasteiger partial charge in [-0.15, -0.1) is 0 Å². The van der Waals surface area contributed by atoms with Gasteiger partial charge in [-0.2, -0.15) is 0 Å². The van der Waals surface area contributed by atoms with Gasteiger partial charge in [-0.3, -0.25) is 4.79 Å². The average molecular weight is 258 g/mol. The van der Waals surface area contributed by atoms with Gasteiger partial charge in [0.2, 0.25) is 5.91 Å². The van der Waals surface area contributed by atoms with Crippen molar-refractivity contribution in [1.29, 1.82) is 0 Å². The zero-order valence-electron chi connectivity index (χ0n) is 11.3. The summed E-state index contributed by atoms with van der Waals surface area (Å²) in [6, 6.07) is 9.81. The fraction of sp³-hybridized carbons (Fsp3) is 0.333. The molecule has 0 aliphatic rings. The molecule has 0 unspecified atom stereocenters. The molecule has 0 atom stereocenters. The van der Waals surface area contributed by atoms with Crippen LogP contribution in [-0.2, 0) is 11.3 Å². The van der Waals surface area contributed by atoms with Crippen molar-refractivity contribution in [3.8, 4) is 11.3 Å². The van der Waals surface area contributed by atoms with Gasteiger partial charge in [-0.1, -0.05) is 37.3 Å².